The molecule has 0 N–H and O–H groups in total. The average Bonchev–Trinajstić information content (AvgIpc) is 3.05. The molecule has 3 heterocycles. The molecule has 0 fully saturated rings. The van der Waals surface area contributed by atoms with Crippen LogP contribution in [0, 0.1) is 0 Å². The lowest BCUT2D eigenvalue weighted by Crippen LogP contribution is -2.22. The Morgan fingerprint density at radius 1 is 0.963 bits per heavy atom. The molecule has 0 amide bonds. The Kier molecular flexibility index (Phi) is 3.81. The van der Waals surface area contributed by atoms with Gasteiger partial charge in [-0.3, -0.25) is 13.8 Å². The molecule has 132 valence electrons. The lowest BCUT2D eigenvalue weighted by Gasteiger charge is -2.11. The highest BCUT2D eigenvalue weighted by Gasteiger charge is 2.16. The van der Waals surface area contributed by atoms with Crippen molar-refractivity contribution in [3.05, 3.63) is 92.3 Å². The first-order chi connectivity index (χ1) is 13.1. The standard InChI is InChI=1S/C21H13BrClN3O/c22-14-7-10-18-24-19-16-3-1-2-4-17(16)21(27)26(20(19)25(18)12-14)11-13-5-8-15(23)9-6-13/h1-10,12H,11H2. The molecule has 5 rings (SSSR count). The van der Waals surface area contributed by atoms with E-state index in [4.69, 9.17) is 16.6 Å². The first-order valence-corrected chi connectivity index (χ1v) is 9.62. The SMILES string of the molecule is O=c1c2ccccc2c2nc3ccc(Br)cn3c2n1Cc1ccc(Cl)cc1. The van der Waals surface area contributed by atoms with E-state index in [1.165, 1.54) is 0 Å². The molecule has 0 atom stereocenters. The zero-order valence-corrected chi connectivity index (χ0v) is 16.4. The highest BCUT2D eigenvalue weighted by Crippen LogP contribution is 2.25. The maximum absolute atomic E-state index is 13.3. The molecule has 3 aromatic heterocycles. The van der Waals surface area contributed by atoms with Crippen molar-refractivity contribution in [1.29, 1.82) is 0 Å². The fourth-order valence-electron chi connectivity index (χ4n) is 3.48. The number of aromatic nitrogens is 3. The van der Waals surface area contributed by atoms with Gasteiger partial charge in [0.25, 0.3) is 5.56 Å². The van der Waals surface area contributed by atoms with Crippen LogP contribution < -0.4 is 5.56 Å². The van der Waals surface area contributed by atoms with Crippen molar-refractivity contribution in [2.24, 2.45) is 0 Å². The zero-order chi connectivity index (χ0) is 18.5. The van der Waals surface area contributed by atoms with Crippen molar-refractivity contribution in [3.63, 3.8) is 0 Å². The van der Waals surface area contributed by atoms with Crippen LogP contribution in [0.1, 0.15) is 5.56 Å². The molecule has 0 unspecified atom stereocenters. The monoisotopic (exact) mass is 437 g/mol. The summed E-state index contributed by atoms with van der Waals surface area (Å²) < 4.78 is 4.67. The van der Waals surface area contributed by atoms with Crippen LogP contribution in [0.25, 0.3) is 27.6 Å². The second kappa shape index (κ2) is 6.22. The molecular weight excluding hydrogens is 426 g/mol. The summed E-state index contributed by atoms with van der Waals surface area (Å²) in [6.45, 7) is 0.442. The van der Waals surface area contributed by atoms with Crippen molar-refractivity contribution < 1.29 is 0 Å². The predicted molar refractivity (Wildman–Crippen MR) is 113 cm³/mol. The minimum Gasteiger partial charge on any atom is -0.287 e. The van der Waals surface area contributed by atoms with Crippen LogP contribution in [0.2, 0.25) is 5.02 Å². The van der Waals surface area contributed by atoms with Crippen molar-refractivity contribution >= 4 is 55.1 Å². The first kappa shape index (κ1) is 16.5. The molecule has 4 nitrogen and oxygen atoms in total. The minimum atomic E-state index is -0.0326. The Morgan fingerprint density at radius 2 is 1.70 bits per heavy atom. The van der Waals surface area contributed by atoms with Crippen LogP contribution >= 0.6 is 27.5 Å². The van der Waals surface area contributed by atoms with E-state index in [-0.39, 0.29) is 5.56 Å². The van der Waals surface area contributed by atoms with Crippen LogP contribution in [-0.4, -0.2) is 14.0 Å². The summed E-state index contributed by atoms with van der Waals surface area (Å²) in [5.41, 5.74) is 3.37. The fraction of sp³-hybridized carbons (Fsp3) is 0.0476. The summed E-state index contributed by atoms with van der Waals surface area (Å²) in [5, 5.41) is 2.21. The van der Waals surface area contributed by atoms with Gasteiger partial charge in [0, 0.05) is 26.5 Å². The fourth-order valence-corrected chi connectivity index (χ4v) is 3.94. The molecule has 2 aromatic carbocycles. The van der Waals surface area contributed by atoms with Gasteiger partial charge in [-0.05, 0) is 51.8 Å². The molecule has 0 aliphatic rings. The second-order valence-electron chi connectivity index (χ2n) is 6.42. The van der Waals surface area contributed by atoms with Gasteiger partial charge >= 0.3 is 0 Å². The van der Waals surface area contributed by atoms with Crippen molar-refractivity contribution in [2.45, 2.75) is 6.54 Å². The molecule has 27 heavy (non-hydrogen) atoms. The number of nitrogens with zero attached hydrogens (tertiary/aromatic N) is 3. The summed E-state index contributed by atoms with van der Waals surface area (Å²) in [6, 6.07) is 19.1. The van der Waals surface area contributed by atoms with Crippen molar-refractivity contribution in [1.82, 2.24) is 14.0 Å². The Balaban J connectivity index is 1.92. The van der Waals surface area contributed by atoms with E-state index < -0.39 is 0 Å². The molecule has 0 saturated heterocycles. The van der Waals surface area contributed by atoms with Gasteiger partial charge in [-0.1, -0.05) is 41.9 Å². The van der Waals surface area contributed by atoms with E-state index in [9.17, 15) is 4.79 Å². The van der Waals surface area contributed by atoms with E-state index in [0.29, 0.717) is 17.0 Å². The van der Waals surface area contributed by atoms with E-state index >= 15 is 0 Å². The lowest BCUT2D eigenvalue weighted by molar-refractivity contribution is 0.786. The number of pyridine rings is 2. The molecule has 0 aliphatic heterocycles. The summed E-state index contributed by atoms with van der Waals surface area (Å²) >= 11 is 9.53. The van der Waals surface area contributed by atoms with E-state index in [1.807, 2.05) is 71.3 Å². The van der Waals surface area contributed by atoms with Gasteiger partial charge in [-0.2, -0.15) is 0 Å². The number of halogens is 2. The molecule has 0 bridgehead atoms. The van der Waals surface area contributed by atoms with Crippen LogP contribution in [0.15, 0.2) is 76.1 Å². The number of fused-ring (bicyclic) bond motifs is 5. The topological polar surface area (TPSA) is 39.3 Å². The Morgan fingerprint density at radius 3 is 2.48 bits per heavy atom. The number of hydrogen-bond donors (Lipinski definition) is 0. The third-order valence-electron chi connectivity index (χ3n) is 4.72. The summed E-state index contributed by atoms with van der Waals surface area (Å²) in [5.74, 6) is 0. The molecule has 6 heteroatoms. The van der Waals surface area contributed by atoms with Crippen LogP contribution in [0.4, 0.5) is 0 Å². The predicted octanol–water partition coefficient (Wildman–Crippen LogP) is 5.27. The van der Waals surface area contributed by atoms with Gasteiger partial charge < -0.3 is 0 Å². The van der Waals surface area contributed by atoms with Gasteiger partial charge in [-0.15, -0.1) is 0 Å². The molecule has 0 aliphatic carbocycles. The van der Waals surface area contributed by atoms with Crippen molar-refractivity contribution in [3.8, 4) is 0 Å². The molecule has 5 aromatic rings. The number of hydrogen-bond acceptors (Lipinski definition) is 2. The van der Waals surface area contributed by atoms with Gasteiger partial charge in [-0.25, -0.2) is 4.98 Å². The quantitative estimate of drug-likeness (QED) is 0.377. The smallest absolute Gasteiger partial charge is 0.260 e. The van der Waals surface area contributed by atoms with Crippen LogP contribution in [-0.2, 0) is 6.54 Å². The summed E-state index contributed by atoms with van der Waals surface area (Å²) in [4.78, 5) is 18.1. The highest BCUT2D eigenvalue weighted by molar-refractivity contribution is 9.10. The average molecular weight is 439 g/mol. The van der Waals surface area contributed by atoms with Gasteiger partial charge in [0.1, 0.15) is 16.8 Å². The maximum Gasteiger partial charge on any atom is 0.260 e. The van der Waals surface area contributed by atoms with Gasteiger partial charge in [0.15, 0.2) is 0 Å². The third-order valence-corrected chi connectivity index (χ3v) is 5.45. The largest absolute Gasteiger partial charge is 0.287 e. The first-order valence-electron chi connectivity index (χ1n) is 8.45. The maximum atomic E-state index is 13.3. The van der Waals surface area contributed by atoms with E-state index in [1.54, 1.807) is 4.57 Å². The second-order valence-corrected chi connectivity index (χ2v) is 7.77. The number of benzene rings is 2. The van der Waals surface area contributed by atoms with Crippen LogP contribution in [0.3, 0.4) is 0 Å². The van der Waals surface area contributed by atoms with E-state index in [2.05, 4.69) is 15.9 Å². The summed E-state index contributed by atoms with van der Waals surface area (Å²) in [7, 11) is 0. The lowest BCUT2D eigenvalue weighted by atomic mass is 10.1. The molecule has 0 radical (unpaired) electrons. The third kappa shape index (κ3) is 2.66. The molecule has 0 saturated carbocycles. The van der Waals surface area contributed by atoms with Crippen LogP contribution in [0.5, 0.6) is 0 Å². The van der Waals surface area contributed by atoms with Gasteiger partial charge in [0.05, 0.1) is 6.54 Å². The normalized spacial score (nSPS) is 11.6. The molecular formula is C21H13BrClN3O. The number of rotatable bonds is 2. The Labute approximate surface area is 167 Å². The highest BCUT2D eigenvalue weighted by atomic mass is 79.9. The zero-order valence-electron chi connectivity index (χ0n) is 14.1. The van der Waals surface area contributed by atoms with E-state index in [0.717, 1.165) is 32.2 Å². The summed E-state index contributed by atoms with van der Waals surface area (Å²) in [6.07, 6.45) is 1.94. The van der Waals surface area contributed by atoms with Crippen molar-refractivity contribution in [2.75, 3.05) is 0 Å². The Bertz CT molecular complexity index is 1390. The Hall–Kier alpha value is -2.63. The van der Waals surface area contributed by atoms with Gasteiger partial charge in [0.2, 0.25) is 0 Å². The number of imidazole rings is 1. The minimum absolute atomic E-state index is 0.0326. The molecule has 0 spiro atoms.